The summed E-state index contributed by atoms with van der Waals surface area (Å²) in [6, 6.07) is 4.46. The fourth-order valence-electron chi connectivity index (χ4n) is 1.43. The van der Waals surface area contributed by atoms with Gasteiger partial charge in [-0.1, -0.05) is 12.1 Å². The lowest BCUT2D eigenvalue weighted by molar-refractivity contribution is -0.385. The summed E-state index contributed by atoms with van der Waals surface area (Å²) in [6.45, 7) is 6.44. The number of hydrogen-bond acceptors (Lipinski definition) is 6. The topological polar surface area (TPSA) is 108 Å². The number of hydrogen-bond donors (Lipinski definition) is 1. The molecule has 0 aliphatic carbocycles. The molecule has 1 aromatic rings. The third-order valence-electron chi connectivity index (χ3n) is 2.36. The van der Waals surface area contributed by atoms with Gasteiger partial charge in [-0.2, -0.15) is 0 Å². The number of nitrogens with zero attached hydrogens (tertiary/aromatic N) is 1. The SMILES string of the molecule is C[C@H](NC(=O)OC(C)(C)C)C(=O)Oc1ccccc1[N+](=O)[O-]. The standard InChI is InChI=1S/C14H18N2O6/c1-9(15-13(18)22-14(2,3)4)12(17)21-11-8-6-5-7-10(11)16(19)20/h5-9H,1-4H3,(H,15,18)/t9-/m0/s1. The van der Waals surface area contributed by atoms with Crippen LogP contribution in [-0.2, 0) is 9.53 Å². The molecule has 0 aliphatic heterocycles. The number of nitro groups is 1. The molecule has 1 N–H and O–H groups in total. The van der Waals surface area contributed by atoms with Crippen molar-refractivity contribution < 1.29 is 24.0 Å². The van der Waals surface area contributed by atoms with Crippen molar-refractivity contribution in [2.24, 2.45) is 0 Å². The summed E-state index contributed by atoms with van der Waals surface area (Å²) in [5.41, 5.74) is -1.04. The van der Waals surface area contributed by atoms with Crippen LogP contribution in [0.2, 0.25) is 0 Å². The number of benzene rings is 1. The first-order valence-corrected chi connectivity index (χ1v) is 6.55. The Labute approximate surface area is 127 Å². The number of alkyl carbamates (subject to hydrolysis) is 1. The van der Waals surface area contributed by atoms with Gasteiger partial charge in [0.15, 0.2) is 0 Å². The molecular weight excluding hydrogens is 292 g/mol. The number of rotatable bonds is 4. The molecule has 0 fully saturated rings. The van der Waals surface area contributed by atoms with E-state index in [1.54, 1.807) is 20.8 Å². The fourth-order valence-corrected chi connectivity index (χ4v) is 1.43. The molecule has 120 valence electrons. The van der Waals surface area contributed by atoms with Crippen LogP contribution in [-0.4, -0.2) is 28.6 Å². The van der Waals surface area contributed by atoms with E-state index in [9.17, 15) is 19.7 Å². The zero-order chi connectivity index (χ0) is 16.9. The molecule has 1 rings (SSSR count). The number of nitrogens with one attached hydrogen (secondary N) is 1. The monoisotopic (exact) mass is 310 g/mol. The number of ether oxygens (including phenoxy) is 2. The van der Waals surface area contributed by atoms with Crippen LogP contribution in [0.3, 0.4) is 0 Å². The van der Waals surface area contributed by atoms with Gasteiger partial charge in [0.25, 0.3) is 0 Å². The van der Waals surface area contributed by atoms with E-state index in [2.05, 4.69) is 5.32 Å². The van der Waals surface area contributed by atoms with E-state index in [0.717, 1.165) is 0 Å². The van der Waals surface area contributed by atoms with E-state index in [1.807, 2.05) is 0 Å². The van der Waals surface area contributed by atoms with Gasteiger partial charge in [-0.15, -0.1) is 0 Å². The molecule has 0 heterocycles. The lowest BCUT2D eigenvalue weighted by atomic mass is 10.2. The number of nitro benzene ring substituents is 1. The minimum atomic E-state index is -1.02. The molecule has 0 saturated carbocycles. The third kappa shape index (κ3) is 5.39. The second kappa shape index (κ2) is 6.88. The molecule has 22 heavy (non-hydrogen) atoms. The fraction of sp³-hybridized carbons (Fsp3) is 0.429. The average molecular weight is 310 g/mol. The predicted molar refractivity (Wildman–Crippen MR) is 77.6 cm³/mol. The van der Waals surface area contributed by atoms with Crippen molar-refractivity contribution >= 4 is 17.7 Å². The highest BCUT2D eigenvalue weighted by molar-refractivity contribution is 5.83. The van der Waals surface area contributed by atoms with Crippen molar-refractivity contribution in [1.82, 2.24) is 5.32 Å². The van der Waals surface area contributed by atoms with Gasteiger partial charge in [0, 0.05) is 6.07 Å². The van der Waals surface area contributed by atoms with Crippen LogP contribution in [0.5, 0.6) is 5.75 Å². The Balaban J connectivity index is 2.69. The van der Waals surface area contributed by atoms with Crippen molar-refractivity contribution in [3.63, 3.8) is 0 Å². The Morgan fingerprint density at radius 3 is 2.41 bits per heavy atom. The van der Waals surface area contributed by atoms with Gasteiger partial charge in [-0.25, -0.2) is 9.59 Å². The highest BCUT2D eigenvalue weighted by Crippen LogP contribution is 2.26. The minimum Gasteiger partial charge on any atom is -0.444 e. The molecule has 0 spiro atoms. The van der Waals surface area contributed by atoms with Gasteiger partial charge >= 0.3 is 17.7 Å². The molecule has 0 aliphatic rings. The second-order valence-electron chi connectivity index (χ2n) is 5.51. The van der Waals surface area contributed by atoms with E-state index in [0.29, 0.717) is 0 Å². The third-order valence-corrected chi connectivity index (χ3v) is 2.36. The van der Waals surface area contributed by atoms with E-state index in [1.165, 1.54) is 31.2 Å². The molecule has 0 aromatic heterocycles. The molecule has 1 atom stereocenters. The van der Waals surface area contributed by atoms with Gasteiger partial charge in [0.05, 0.1) is 4.92 Å². The van der Waals surface area contributed by atoms with Crippen LogP contribution in [0, 0.1) is 10.1 Å². The lowest BCUT2D eigenvalue weighted by Crippen LogP contribution is -2.43. The smallest absolute Gasteiger partial charge is 0.408 e. The van der Waals surface area contributed by atoms with Gasteiger partial charge in [-0.3, -0.25) is 10.1 Å². The largest absolute Gasteiger partial charge is 0.444 e. The maximum absolute atomic E-state index is 11.9. The highest BCUT2D eigenvalue weighted by Gasteiger charge is 2.24. The Bertz CT molecular complexity index is 579. The molecule has 1 amide bonds. The average Bonchev–Trinajstić information content (AvgIpc) is 2.36. The maximum atomic E-state index is 11.9. The number of esters is 1. The first-order chi connectivity index (χ1) is 10.1. The lowest BCUT2D eigenvalue weighted by Gasteiger charge is -2.21. The van der Waals surface area contributed by atoms with Crippen molar-refractivity contribution in [3.8, 4) is 5.75 Å². The predicted octanol–water partition coefficient (Wildman–Crippen LogP) is 2.41. The molecule has 0 radical (unpaired) electrons. The zero-order valence-corrected chi connectivity index (χ0v) is 12.8. The van der Waals surface area contributed by atoms with Gasteiger partial charge in [-0.05, 0) is 33.8 Å². The second-order valence-corrected chi connectivity index (χ2v) is 5.51. The summed E-state index contributed by atoms with van der Waals surface area (Å²) >= 11 is 0. The van der Waals surface area contributed by atoms with Crippen LogP contribution < -0.4 is 10.1 Å². The zero-order valence-electron chi connectivity index (χ0n) is 12.8. The summed E-state index contributed by atoms with van der Waals surface area (Å²) in [5, 5.41) is 13.1. The summed E-state index contributed by atoms with van der Waals surface area (Å²) in [7, 11) is 0. The van der Waals surface area contributed by atoms with E-state index in [-0.39, 0.29) is 11.4 Å². The molecule has 1 aromatic carbocycles. The van der Waals surface area contributed by atoms with Gasteiger partial charge in [0.1, 0.15) is 11.6 Å². The molecular formula is C14H18N2O6. The quantitative estimate of drug-likeness (QED) is 0.396. The first-order valence-electron chi connectivity index (χ1n) is 6.55. The number of carbonyl (C=O) groups excluding carboxylic acids is 2. The number of para-hydroxylation sites is 2. The Kier molecular flexibility index (Phi) is 5.44. The molecule has 8 heteroatoms. The normalized spacial score (nSPS) is 12.2. The van der Waals surface area contributed by atoms with Crippen molar-refractivity contribution in [3.05, 3.63) is 34.4 Å². The molecule has 8 nitrogen and oxygen atoms in total. The van der Waals surface area contributed by atoms with E-state index in [4.69, 9.17) is 9.47 Å². The highest BCUT2D eigenvalue weighted by atomic mass is 16.6. The Morgan fingerprint density at radius 2 is 1.86 bits per heavy atom. The summed E-state index contributed by atoms with van der Waals surface area (Å²) in [5.74, 6) is -1.02. The summed E-state index contributed by atoms with van der Waals surface area (Å²) < 4.78 is 9.95. The van der Waals surface area contributed by atoms with Crippen molar-refractivity contribution in [1.29, 1.82) is 0 Å². The van der Waals surface area contributed by atoms with Crippen LogP contribution in [0.25, 0.3) is 0 Å². The van der Waals surface area contributed by atoms with Gasteiger partial charge < -0.3 is 14.8 Å². The number of amides is 1. The van der Waals surface area contributed by atoms with E-state index >= 15 is 0 Å². The van der Waals surface area contributed by atoms with Gasteiger partial charge in [0.2, 0.25) is 5.75 Å². The first kappa shape index (κ1) is 17.4. The van der Waals surface area contributed by atoms with Crippen LogP contribution in [0.15, 0.2) is 24.3 Å². The Hall–Kier alpha value is -2.64. The molecule has 0 saturated heterocycles. The summed E-state index contributed by atoms with van der Waals surface area (Å²) in [6.07, 6.45) is -0.778. The van der Waals surface area contributed by atoms with Crippen LogP contribution in [0.1, 0.15) is 27.7 Å². The van der Waals surface area contributed by atoms with Crippen molar-refractivity contribution in [2.75, 3.05) is 0 Å². The maximum Gasteiger partial charge on any atom is 0.408 e. The molecule has 0 bridgehead atoms. The van der Waals surface area contributed by atoms with Crippen LogP contribution >= 0.6 is 0 Å². The minimum absolute atomic E-state index is 0.185. The Morgan fingerprint density at radius 1 is 1.27 bits per heavy atom. The number of carbonyl (C=O) groups is 2. The van der Waals surface area contributed by atoms with Crippen molar-refractivity contribution in [2.45, 2.75) is 39.3 Å². The van der Waals surface area contributed by atoms with Crippen LogP contribution in [0.4, 0.5) is 10.5 Å². The summed E-state index contributed by atoms with van der Waals surface area (Å²) in [4.78, 5) is 33.6. The van der Waals surface area contributed by atoms with E-state index < -0.39 is 28.6 Å². The molecule has 0 unspecified atom stereocenters.